The number of hydrogen-bond acceptors (Lipinski definition) is 3. The Bertz CT molecular complexity index is 651. The van der Waals surface area contributed by atoms with Gasteiger partial charge in [0.15, 0.2) is 0 Å². The summed E-state index contributed by atoms with van der Waals surface area (Å²) in [7, 11) is 0. The molecule has 20 heavy (non-hydrogen) atoms. The summed E-state index contributed by atoms with van der Waals surface area (Å²) in [4.78, 5) is 0.376. The van der Waals surface area contributed by atoms with Crippen molar-refractivity contribution in [2.75, 3.05) is 5.32 Å². The Labute approximate surface area is 132 Å². The molecule has 0 aliphatic carbocycles. The van der Waals surface area contributed by atoms with Crippen LogP contribution < -0.4 is 11.1 Å². The van der Waals surface area contributed by atoms with Gasteiger partial charge in [0.05, 0.1) is 6.04 Å². The zero-order valence-corrected chi connectivity index (χ0v) is 14.1. The van der Waals surface area contributed by atoms with Crippen molar-refractivity contribution in [1.29, 1.82) is 0 Å². The minimum Gasteiger partial charge on any atom is -0.466 e. The molecule has 1 heterocycles. The van der Waals surface area contributed by atoms with Gasteiger partial charge in [0.1, 0.15) is 16.5 Å². The molecule has 5 heteroatoms. The molecule has 0 bridgehead atoms. The maximum absolute atomic E-state index is 5.78. The average Bonchev–Trinajstić information content (AvgIpc) is 2.70. The van der Waals surface area contributed by atoms with Crippen LogP contribution in [0.1, 0.15) is 35.6 Å². The number of thiocarbonyl (C=S) groups is 1. The third kappa shape index (κ3) is 3.22. The van der Waals surface area contributed by atoms with E-state index in [-0.39, 0.29) is 6.04 Å². The summed E-state index contributed by atoms with van der Waals surface area (Å²) in [6, 6.07) is 8.01. The van der Waals surface area contributed by atoms with Crippen LogP contribution in [0, 0.1) is 13.8 Å². The van der Waals surface area contributed by atoms with E-state index < -0.39 is 0 Å². The second kappa shape index (κ2) is 5.97. The van der Waals surface area contributed by atoms with Crippen molar-refractivity contribution in [3.05, 3.63) is 51.4 Å². The van der Waals surface area contributed by atoms with Gasteiger partial charge in [-0.05, 0) is 45.0 Å². The van der Waals surface area contributed by atoms with Gasteiger partial charge >= 0.3 is 0 Å². The van der Waals surface area contributed by atoms with Gasteiger partial charge in [-0.2, -0.15) is 0 Å². The fraction of sp³-hybridized carbons (Fsp3) is 0.267. The van der Waals surface area contributed by atoms with Gasteiger partial charge in [-0.25, -0.2) is 0 Å². The lowest BCUT2D eigenvalue weighted by Gasteiger charge is -2.17. The van der Waals surface area contributed by atoms with Crippen molar-refractivity contribution in [3.63, 3.8) is 0 Å². The number of halogens is 1. The van der Waals surface area contributed by atoms with E-state index in [2.05, 4.69) is 28.2 Å². The molecule has 0 amide bonds. The Kier molecular flexibility index (Phi) is 4.50. The normalized spacial score (nSPS) is 12.2. The highest BCUT2D eigenvalue weighted by Gasteiger charge is 2.15. The van der Waals surface area contributed by atoms with Crippen molar-refractivity contribution in [2.24, 2.45) is 5.73 Å². The standard InChI is InChI=1S/C15H17BrN2OS/c1-8-6-12(10(3)19-8)9(2)18-14-5-4-11(16)7-13(14)15(17)20/h4-7,9,18H,1-3H3,(H2,17,20). The molecule has 3 nitrogen and oxygen atoms in total. The Morgan fingerprint density at radius 3 is 2.60 bits per heavy atom. The van der Waals surface area contributed by atoms with Crippen LogP contribution in [0.25, 0.3) is 0 Å². The number of benzene rings is 1. The van der Waals surface area contributed by atoms with Gasteiger partial charge in [0.25, 0.3) is 0 Å². The number of hydrogen-bond donors (Lipinski definition) is 2. The minimum atomic E-state index is 0.113. The topological polar surface area (TPSA) is 51.2 Å². The molecule has 0 saturated heterocycles. The van der Waals surface area contributed by atoms with Crippen molar-refractivity contribution >= 4 is 38.8 Å². The highest BCUT2D eigenvalue weighted by molar-refractivity contribution is 9.10. The second-order valence-electron chi connectivity index (χ2n) is 4.79. The summed E-state index contributed by atoms with van der Waals surface area (Å²) >= 11 is 8.54. The van der Waals surface area contributed by atoms with Gasteiger partial charge in [0, 0.05) is 21.3 Å². The molecule has 0 fully saturated rings. The van der Waals surface area contributed by atoms with Crippen molar-refractivity contribution < 1.29 is 4.42 Å². The predicted molar refractivity (Wildman–Crippen MR) is 90.2 cm³/mol. The third-order valence-electron chi connectivity index (χ3n) is 3.16. The SMILES string of the molecule is Cc1cc(C(C)Nc2ccc(Br)cc2C(N)=S)c(C)o1. The molecule has 3 N–H and O–H groups in total. The van der Waals surface area contributed by atoms with Crippen molar-refractivity contribution in [1.82, 2.24) is 0 Å². The molecule has 1 aromatic carbocycles. The highest BCUT2D eigenvalue weighted by Crippen LogP contribution is 2.28. The molecule has 0 spiro atoms. The number of anilines is 1. The van der Waals surface area contributed by atoms with Gasteiger partial charge in [-0.3, -0.25) is 0 Å². The molecule has 2 rings (SSSR count). The first-order chi connectivity index (χ1) is 9.38. The largest absolute Gasteiger partial charge is 0.466 e. The Morgan fingerprint density at radius 2 is 2.05 bits per heavy atom. The van der Waals surface area contributed by atoms with Crippen LogP contribution in [0.4, 0.5) is 5.69 Å². The number of nitrogens with two attached hydrogens (primary N) is 1. The minimum absolute atomic E-state index is 0.113. The van der Waals surface area contributed by atoms with Gasteiger partial charge in [0.2, 0.25) is 0 Å². The first-order valence-electron chi connectivity index (χ1n) is 6.31. The maximum Gasteiger partial charge on any atom is 0.106 e. The smallest absolute Gasteiger partial charge is 0.106 e. The van der Waals surface area contributed by atoms with E-state index in [9.17, 15) is 0 Å². The Balaban J connectivity index is 2.30. The lowest BCUT2D eigenvalue weighted by molar-refractivity contribution is 0.500. The van der Waals surface area contributed by atoms with Crippen LogP contribution in [0.2, 0.25) is 0 Å². The van der Waals surface area contributed by atoms with E-state index in [1.165, 1.54) is 0 Å². The maximum atomic E-state index is 5.78. The quantitative estimate of drug-likeness (QED) is 0.797. The summed E-state index contributed by atoms with van der Waals surface area (Å²) in [5.74, 6) is 1.84. The summed E-state index contributed by atoms with van der Waals surface area (Å²) in [6.07, 6.45) is 0. The molecule has 0 radical (unpaired) electrons. The van der Waals surface area contributed by atoms with Crippen LogP contribution >= 0.6 is 28.1 Å². The molecule has 0 aliphatic heterocycles. The number of furan rings is 1. The van der Waals surface area contributed by atoms with Crippen LogP contribution in [0.15, 0.2) is 33.2 Å². The Morgan fingerprint density at radius 1 is 1.35 bits per heavy atom. The lowest BCUT2D eigenvalue weighted by Crippen LogP contribution is -2.15. The molecule has 0 aliphatic rings. The van der Waals surface area contributed by atoms with Gasteiger partial charge < -0.3 is 15.5 Å². The first-order valence-corrected chi connectivity index (χ1v) is 7.51. The predicted octanol–water partition coefficient (Wildman–Crippen LogP) is 4.47. The summed E-state index contributed by atoms with van der Waals surface area (Å²) in [5, 5.41) is 3.44. The lowest BCUT2D eigenvalue weighted by atomic mass is 10.1. The molecule has 0 saturated carbocycles. The molecular formula is C15H17BrN2OS. The molecule has 1 atom stereocenters. The van der Waals surface area contributed by atoms with Gasteiger partial charge in [-0.15, -0.1) is 0 Å². The van der Waals surface area contributed by atoms with Gasteiger partial charge in [-0.1, -0.05) is 28.1 Å². The molecule has 1 aromatic heterocycles. The summed E-state index contributed by atoms with van der Waals surface area (Å²) in [5.41, 5.74) is 8.68. The first kappa shape index (κ1) is 15.1. The second-order valence-corrected chi connectivity index (χ2v) is 6.14. The fourth-order valence-electron chi connectivity index (χ4n) is 2.24. The Hall–Kier alpha value is -1.33. The van der Waals surface area contributed by atoms with E-state index in [0.29, 0.717) is 4.99 Å². The van der Waals surface area contributed by atoms with E-state index in [1.54, 1.807) is 0 Å². The highest BCUT2D eigenvalue weighted by atomic mass is 79.9. The number of nitrogens with one attached hydrogen (secondary N) is 1. The van der Waals surface area contributed by atoms with E-state index in [4.69, 9.17) is 22.4 Å². The fourth-order valence-corrected chi connectivity index (χ4v) is 2.77. The van der Waals surface area contributed by atoms with Crippen LogP contribution in [0.3, 0.4) is 0 Å². The van der Waals surface area contributed by atoms with Crippen LogP contribution in [0.5, 0.6) is 0 Å². The third-order valence-corrected chi connectivity index (χ3v) is 3.88. The van der Waals surface area contributed by atoms with E-state index in [1.807, 2.05) is 38.1 Å². The van der Waals surface area contributed by atoms with E-state index >= 15 is 0 Å². The van der Waals surface area contributed by atoms with Crippen molar-refractivity contribution in [3.8, 4) is 0 Å². The average molecular weight is 353 g/mol. The monoisotopic (exact) mass is 352 g/mol. The van der Waals surface area contributed by atoms with Crippen molar-refractivity contribution in [2.45, 2.75) is 26.8 Å². The zero-order valence-electron chi connectivity index (χ0n) is 11.7. The zero-order chi connectivity index (χ0) is 14.9. The molecule has 106 valence electrons. The molecular weight excluding hydrogens is 336 g/mol. The summed E-state index contributed by atoms with van der Waals surface area (Å²) in [6.45, 7) is 6.00. The summed E-state index contributed by atoms with van der Waals surface area (Å²) < 4.78 is 6.52. The number of aryl methyl sites for hydroxylation is 2. The van der Waals surface area contributed by atoms with E-state index in [0.717, 1.165) is 32.8 Å². The van der Waals surface area contributed by atoms with Crippen LogP contribution in [-0.4, -0.2) is 4.99 Å². The molecule has 2 aromatic rings. The number of rotatable bonds is 4. The molecule has 1 unspecified atom stereocenters. The van der Waals surface area contributed by atoms with Crippen LogP contribution in [-0.2, 0) is 0 Å².